The number of hydrogen-bond donors (Lipinski definition) is 8. The predicted molar refractivity (Wildman–Crippen MR) is 514 cm³/mol. The highest BCUT2D eigenvalue weighted by Gasteiger charge is 2.42. The van der Waals surface area contributed by atoms with Gasteiger partial charge in [0.15, 0.2) is 0 Å². The van der Waals surface area contributed by atoms with Gasteiger partial charge in [-0.1, -0.05) is 192 Å². The number of nitrogens with two attached hydrogens (primary N) is 2. The van der Waals surface area contributed by atoms with Crippen molar-refractivity contribution in [2.24, 2.45) is 0 Å². The molecule has 650 valence electrons. The van der Waals surface area contributed by atoms with Crippen LogP contribution in [0.5, 0.6) is 0 Å². The Morgan fingerprint density at radius 3 is 0.563 bits per heavy atom. The van der Waals surface area contributed by atoms with Gasteiger partial charge in [-0.25, -0.2) is 9.97 Å². The molecule has 0 bridgehead atoms. The summed E-state index contributed by atoms with van der Waals surface area (Å²) in [6.45, 7) is 32.8. The number of amides is 6. The van der Waals surface area contributed by atoms with E-state index in [9.17, 15) is 28.8 Å². The number of aryl methyl sites for hydroxylation is 16. The minimum absolute atomic E-state index is 0.129. The number of nitrogens with zero attached hydrogens (tertiary/aromatic N) is 2. The monoisotopic (exact) mass is 1680 g/mol. The molecule has 0 saturated heterocycles. The zero-order valence-corrected chi connectivity index (χ0v) is 76.7. The summed E-state index contributed by atoms with van der Waals surface area (Å²) in [5.74, 6) is -2.27. The molecule has 0 spiro atoms. The van der Waals surface area contributed by atoms with Gasteiger partial charge in [0.1, 0.15) is 22.8 Å². The first-order valence-electron chi connectivity index (χ1n) is 45.6. The molecular weight excluding hydrogens is 1560 g/mol. The molecule has 4 fully saturated rings. The van der Waals surface area contributed by atoms with Gasteiger partial charge in [0.2, 0.25) is 0 Å². The van der Waals surface area contributed by atoms with Crippen molar-refractivity contribution in [1.29, 1.82) is 0 Å². The van der Waals surface area contributed by atoms with Crippen molar-refractivity contribution in [1.82, 2.24) is 9.97 Å². The third-order valence-corrected chi connectivity index (χ3v) is 28.9. The van der Waals surface area contributed by atoms with Crippen LogP contribution < -0.4 is 43.4 Å². The molecule has 2 aromatic heterocycles. The first-order chi connectivity index (χ1) is 60.2. The van der Waals surface area contributed by atoms with Crippen molar-refractivity contribution in [2.75, 3.05) is 43.4 Å². The third kappa shape index (κ3) is 17.2. The van der Waals surface area contributed by atoms with Gasteiger partial charge in [-0.2, -0.15) is 0 Å². The van der Waals surface area contributed by atoms with Crippen LogP contribution in [-0.2, 0) is 21.7 Å². The van der Waals surface area contributed by atoms with Crippen molar-refractivity contribution < 1.29 is 28.8 Å². The second-order valence-corrected chi connectivity index (χ2v) is 37.7. The third-order valence-electron chi connectivity index (χ3n) is 28.9. The lowest BCUT2D eigenvalue weighted by molar-refractivity contribution is 0.0998. The molecule has 15 rings (SSSR count). The summed E-state index contributed by atoms with van der Waals surface area (Å²) in [6, 6.07) is 52.5. The first-order valence-corrected chi connectivity index (χ1v) is 45.6. The number of hydrogen-bond acceptors (Lipinski definition) is 10. The van der Waals surface area contributed by atoms with Crippen molar-refractivity contribution in [3.8, 4) is 0 Å². The summed E-state index contributed by atoms with van der Waals surface area (Å²) in [5.41, 5.74) is 44.5. The van der Waals surface area contributed by atoms with Crippen molar-refractivity contribution in [3.05, 3.63) is 325 Å². The summed E-state index contributed by atoms with van der Waals surface area (Å²) in [6.07, 6.45) is 21.3. The largest absolute Gasteiger partial charge is 0.398 e. The number of rotatable bonds is 20. The van der Waals surface area contributed by atoms with Gasteiger partial charge in [0.05, 0.1) is 0 Å². The Bertz CT molecular complexity index is 5650. The van der Waals surface area contributed by atoms with Crippen molar-refractivity contribution in [2.45, 2.75) is 261 Å². The molecule has 0 radical (unpaired) electrons. The maximum atomic E-state index is 14.5. The molecule has 0 aliphatic heterocycles. The number of carbonyl (C=O) groups excluding carboxylic acids is 6. The van der Waals surface area contributed by atoms with E-state index in [-0.39, 0.29) is 56.3 Å². The number of benzene rings is 9. The highest BCUT2D eigenvalue weighted by molar-refractivity contribution is 6.11. The minimum Gasteiger partial charge on any atom is -0.398 e. The number of nitrogens with one attached hydrogen (secondary N) is 6. The fraction of sp³-hybridized carbons (Fsp3) is 0.364. The van der Waals surface area contributed by atoms with Crippen LogP contribution >= 0.6 is 0 Å². The zero-order valence-electron chi connectivity index (χ0n) is 76.7. The highest BCUT2D eigenvalue weighted by Crippen LogP contribution is 2.53. The van der Waals surface area contributed by atoms with Crippen LogP contribution in [0.2, 0.25) is 0 Å². The lowest BCUT2D eigenvalue weighted by Gasteiger charge is -2.40. The molecule has 4 aliphatic carbocycles. The summed E-state index contributed by atoms with van der Waals surface area (Å²) >= 11 is 0. The Balaban J connectivity index is 0.590. The first kappa shape index (κ1) is 88.6. The lowest BCUT2D eigenvalue weighted by Crippen LogP contribution is -2.31. The van der Waals surface area contributed by atoms with E-state index in [2.05, 4.69) is 167 Å². The summed E-state index contributed by atoms with van der Waals surface area (Å²) in [7, 11) is 0. The molecule has 9 aromatic carbocycles. The SMILES string of the molecule is Cc1cc(C2(c3cc(C)c(NC(=O)c4cccc(C(=O)Nc5c(C)cc(C6(c7cc(C)c(NC(=O)c8cccc(C(=O)Nc9c(C)cc(C%10(c%11cc(C)c(NC(=O)c%12cccc(C(=O)Nc%13c(C)cc(C%14(c%15cc(C)c(N)c(C)c%15)CCCCC%14)cc%13C)n%12)c(C)c%11)CCCCC%10)cc9C)c8)c(C)c7)CCCCC6)cc5C)n4)c(C)c3)CCCCC2)cc(C)c1N. The number of pyridine rings is 2. The number of carbonyl (C=O) groups is 6. The minimum atomic E-state index is -0.414. The normalized spacial score (nSPS) is 15.8. The van der Waals surface area contributed by atoms with Crippen molar-refractivity contribution >= 4 is 80.9 Å². The van der Waals surface area contributed by atoms with Gasteiger partial charge < -0.3 is 43.4 Å². The lowest BCUT2D eigenvalue weighted by atomic mass is 9.64. The maximum absolute atomic E-state index is 14.5. The predicted octanol–water partition coefficient (Wildman–Crippen LogP) is 25.1. The molecule has 4 saturated carbocycles. The molecule has 16 nitrogen and oxygen atoms in total. The van der Waals surface area contributed by atoms with Gasteiger partial charge in [0, 0.05) is 78.3 Å². The van der Waals surface area contributed by atoms with E-state index in [1.165, 1.54) is 57.3 Å². The Hall–Kier alpha value is -12.3. The standard InChI is InChI=1S/C110H124N10O6/c1-63-46-81(47-64(2)93(63)111)107(38-21-17-22-39-107)83-54-71(9)97(72(10)55-83)117-103(123)89-34-30-36-91(113-89)105(125)119-99-75(13)58-87(59-76(99)14)109(42-25-19-26-43-109)85-50-67(5)95(68(6)51-85)115-101(121)79-32-29-33-80(62-79)102(122)116-96-69(7)52-86(53-70(96)8)110(44-27-20-28-45-110)88-60-77(15)100(78(16)61-88)120-106(126)92-37-31-35-90(114-92)104(124)118-98-73(11)56-84(57-74(98)12)108(40-23-18-24-41-108)82-48-65(3)94(112)66(4)49-82/h29-37,46-62H,17-28,38-45,111-112H2,1-16H3,(H,115,121)(H,116,122)(H,117,123)(H,118,124)(H,119,125)(H,120,126). The Morgan fingerprint density at radius 2 is 0.381 bits per heavy atom. The van der Waals surface area contributed by atoms with E-state index >= 15 is 0 Å². The molecule has 6 amide bonds. The second kappa shape index (κ2) is 36.0. The summed E-state index contributed by atoms with van der Waals surface area (Å²) in [5, 5.41) is 19.2. The number of nitrogen functional groups attached to an aromatic ring is 2. The highest BCUT2D eigenvalue weighted by atomic mass is 16.2. The Labute approximate surface area is 744 Å². The Kier molecular flexibility index (Phi) is 25.3. The molecule has 11 aromatic rings. The molecule has 0 unspecified atom stereocenters. The van der Waals surface area contributed by atoms with E-state index in [0.29, 0.717) is 33.9 Å². The van der Waals surface area contributed by atoms with E-state index in [1.54, 1.807) is 60.7 Å². The van der Waals surface area contributed by atoms with E-state index in [1.807, 2.05) is 83.1 Å². The molecule has 126 heavy (non-hydrogen) atoms. The zero-order chi connectivity index (χ0) is 89.6. The average Bonchev–Trinajstić information content (AvgIpc) is 0.760. The van der Waals surface area contributed by atoms with Gasteiger partial charge in [-0.05, 0) is 338 Å². The molecule has 4 aliphatic rings. The van der Waals surface area contributed by atoms with Crippen LogP contribution in [0.25, 0.3) is 0 Å². The molecule has 0 atom stereocenters. The van der Waals surface area contributed by atoms with Crippen LogP contribution in [-0.4, -0.2) is 45.4 Å². The number of aromatic nitrogens is 2. The molecule has 10 N–H and O–H groups in total. The molecular formula is C110H124N10O6. The summed E-state index contributed by atoms with van der Waals surface area (Å²) in [4.78, 5) is 95.3. The van der Waals surface area contributed by atoms with Crippen LogP contribution in [0.4, 0.5) is 45.5 Å². The number of anilines is 8. The smallest absolute Gasteiger partial charge is 0.274 e. The van der Waals surface area contributed by atoms with E-state index in [0.717, 1.165) is 227 Å². The molecule has 2 heterocycles. The van der Waals surface area contributed by atoms with Crippen molar-refractivity contribution in [3.63, 3.8) is 0 Å². The topological polar surface area (TPSA) is 252 Å². The van der Waals surface area contributed by atoms with Crippen LogP contribution in [0.15, 0.2) is 158 Å². The fourth-order valence-electron chi connectivity index (χ4n) is 22.0. The maximum Gasteiger partial charge on any atom is 0.274 e. The quantitative estimate of drug-likeness (QED) is 0.0335. The second-order valence-electron chi connectivity index (χ2n) is 37.7. The van der Waals surface area contributed by atoms with Gasteiger partial charge in [-0.15, -0.1) is 0 Å². The van der Waals surface area contributed by atoms with Crippen LogP contribution in [0.1, 0.15) is 325 Å². The Morgan fingerprint density at radius 1 is 0.222 bits per heavy atom. The van der Waals surface area contributed by atoms with Gasteiger partial charge in [0.25, 0.3) is 35.4 Å². The molecule has 16 heteroatoms. The van der Waals surface area contributed by atoms with Crippen LogP contribution in [0, 0.1) is 111 Å². The van der Waals surface area contributed by atoms with Gasteiger partial charge >= 0.3 is 0 Å². The van der Waals surface area contributed by atoms with Gasteiger partial charge in [-0.3, -0.25) is 28.8 Å². The van der Waals surface area contributed by atoms with E-state index < -0.39 is 23.6 Å². The van der Waals surface area contributed by atoms with E-state index in [4.69, 9.17) is 11.5 Å². The van der Waals surface area contributed by atoms with Crippen LogP contribution in [0.3, 0.4) is 0 Å². The summed E-state index contributed by atoms with van der Waals surface area (Å²) < 4.78 is 0. The average molecular weight is 1680 g/mol. The fourth-order valence-corrected chi connectivity index (χ4v) is 22.0.